The molecule has 0 amide bonds. The SMILES string of the molecule is C/C=C/CCC1CCC(CCc2ccc3c(F)c(C#Cc4cc(F)c(C(F)(F)F)c(F)c4)ccc3c2)CC1. The van der Waals surface area contributed by atoms with Crippen LogP contribution >= 0.6 is 0 Å². The Hall–Kier alpha value is -3.20. The first-order valence-corrected chi connectivity index (χ1v) is 13.1. The van der Waals surface area contributed by atoms with Gasteiger partial charge in [-0.15, -0.1) is 0 Å². The molecule has 0 atom stereocenters. The van der Waals surface area contributed by atoms with Crippen LogP contribution in [-0.4, -0.2) is 0 Å². The van der Waals surface area contributed by atoms with Crippen LogP contribution in [0.1, 0.15) is 74.1 Å². The summed E-state index contributed by atoms with van der Waals surface area (Å²) in [5.41, 5.74) is -1.14. The van der Waals surface area contributed by atoms with E-state index >= 15 is 4.39 Å². The molecule has 0 bridgehead atoms. The fraction of sp³-hybridized carbons (Fsp3) is 0.375. The van der Waals surface area contributed by atoms with Gasteiger partial charge in [-0.3, -0.25) is 0 Å². The highest BCUT2D eigenvalue weighted by Gasteiger charge is 2.37. The number of rotatable bonds is 6. The van der Waals surface area contributed by atoms with E-state index in [-0.39, 0.29) is 11.1 Å². The Morgan fingerprint density at radius 3 is 2.13 bits per heavy atom. The number of alkyl halides is 3. The van der Waals surface area contributed by atoms with E-state index in [0.29, 0.717) is 17.5 Å². The summed E-state index contributed by atoms with van der Waals surface area (Å²) >= 11 is 0. The van der Waals surface area contributed by atoms with Crippen molar-refractivity contribution in [3.63, 3.8) is 0 Å². The molecule has 38 heavy (non-hydrogen) atoms. The molecule has 1 fully saturated rings. The standard InChI is InChI=1S/C32H30F6/c1-2-3-4-5-21-6-8-22(9-7-21)10-11-23-13-17-27-26(18-23)16-15-25(31(27)35)14-12-24-19-28(33)30(29(34)20-24)32(36,37)38/h2-3,13,15-22H,4-11H2,1H3/b3-2+. The molecule has 4 rings (SSSR count). The molecule has 200 valence electrons. The van der Waals surface area contributed by atoms with E-state index in [1.807, 2.05) is 12.1 Å². The van der Waals surface area contributed by atoms with Crippen molar-refractivity contribution in [3.8, 4) is 11.8 Å². The molecule has 1 saturated carbocycles. The second-order valence-corrected chi connectivity index (χ2v) is 10.1. The minimum absolute atomic E-state index is 0.00264. The number of hydrogen-bond acceptors (Lipinski definition) is 0. The topological polar surface area (TPSA) is 0 Å². The highest BCUT2D eigenvalue weighted by atomic mass is 19.4. The summed E-state index contributed by atoms with van der Waals surface area (Å²) in [5, 5.41) is 1.09. The van der Waals surface area contributed by atoms with Gasteiger partial charge in [0.25, 0.3) is 0 Å². The van der Waals surface area contributed by atoms with Gasteiger partial charge in [-0.1, -0.05) is 73.9 Å². The molecule has 3 aromatic rings. The van der Waals surface area contributed by atoms with Crippen molar-refractivity contribution in [2.45, 2.75) is 64.5 Å². The van der Waals surface area contributed by atoms with Gasteiger partial charge in [-0.25, -0.2) is 13.2 Å². The smallest absolute Gasteiger partial charge is 0.206 e. The van der Waals surface area contributed by atoms with E-state index in [0.717, 1.165) is 35.6 Å². The molecule has 0 saturated heterocycles. The molecule has 0 unspecified atom stereocenters. The zero-order valence-electron chi connectivity index (χ0n) is 21.3. The molecule has 0 aliphatic heterocycles. The normalized spacial score (nSPS) is 18.1. The van der Waals surface area contributed by atoms with Gasteiger partial charge in [-0.05, 0) is 73.6 Å². The number of hydrogen-bond donors (Lipinski definition) is 0. The van der Waals surface area contributed by atoms with Gasteiger partial charge in [0, 0.05) is 10.9 Å². The Labute approximate surface area is 219 Å². The maximum absolute atomic E-state index is 15.1. The molecule has 0 aromatic heterocycles. The number of aryl methyl sites for hydroxylation is 1. The summed E-state index contributed by atoms with van der Waals surface area (Å²) in [6.07, 6.45) is 8.79. The van der Waals surface area contributed by atoms with E-state index in [9.17, 15) is 22.0 Å². The van der Waals surface area contributed by atoms with Crippen LogP contribution in [0.3, 0.4) is 0 Å². The Kier molecular flexibility index (Phi) is 8.87. The maximum Gasteiger partial charge on any atom is 0.422 e. The lowest BCUT2D eigenvalue weighted by Crippen LogP contribution is -2.15. The van der Waals surface area contributed by atoms with Crippen molar-refractivity contribution < 1.29 is 26.3 Å². The third-order valence-corrected chi connectivity index (χ3v) is 7.47. The van der Waals surface area contributed by atoms with E-state index < -0.39 is 29.2 Å². The van der Waals surface area contributed by atoms with Crippen molar-refractivity contribution in [1.82, 2.24) is 0 Å². The zero-order chi connectivity index (χ0) is 27.3. The molecule has 1 aliphatic rings. The van der Waals surface area contributed by atoms with Crippen LogP contribution in [0, 0.1) is 41.1 Å². The first-order chi connectivity index (χ1) is 18.2. The van der Waals surface area contributed by atoms with E-state index in [4.69, 9.17) is 0 Å². The molecule has 0 spiro atoms. The van der Waals surface area contributed by atoms with Crippen LogP contribution in [0.15, 0.2) is 54.6 Å². The van der Waals surface area contributed by atoms with Crippen LogP contribution < -0.4 is 0 Å². The molecule has 6 heteroatoms. The van der Waals surface area contributed by atoms with Crippen LogP contribution in [0.4, 0.5) is 26.3 Å². The summed E-state index contributed by atoms with van der Waals surface area (Å²) in [7, 11) is 0. The number of benzene rings is 3. The lowest BCUT2D eigenvalue weighted by Gasteiger charge is -2.28. The Balaban J connectivity index is 1.41. The summed E-state index contributed by atoms with van der Waals surface area (Å²) in [4.78, 5) is 0. The van der Waals surface area contributed by atoms with Crippen molar-refractivity contribution in [2.24, 2.45) is 11.8 Å². The second kappa shape index (κ2) is 12.1. The largest absolute Gasteiger partial charge is 0.422 e. The molecule has 0 radical (unpaired) electrons. The van der Waals surface area contributed by atoms with Crippen molar-refractivity contribution in [3.05, 3.63) is 94.3 Å². The summed E-state index contributed by atoms with van der Waals surface area (Å²) in [6, 6.07) is 9.79. The first-order valence-electron chi connectivity index (χ1n) is 13.1. The van der Waals surface area contributed by atoms with Crippen molar-refractivity contribution >= 4 is 10.8 Å². The van der Waals surface area contributed by atoms with Gasteiger partial charge < -0.3 is 0 Å². The van der Waals surface area contributed by atoms with E-state index in [1.165, 1.54) is 44.6 Å². The molecule has 0 heterocycles. The van der Waals surface area contributed by atoms with Crippen molar-refractivity contribution in [1.29, 1.82) is 0 Å². The third-order valence-electron chi connectivity index (χ3n) is 7.47. The molecule has 0 nitrogen and oxygen atoms in total. The van der Waals surface area contributed by atoms with E-state index in [2.05, 4.69) is 30.9 Å². The fourth-order valence-electron chi connectivity index (χ4n) is 5.33. The Bertz CT molecular complexity index is 1340. The van der Waals surface area contributed by atoms with Crippen LogP contribution in [0.25, 0.3) is 10.8 Å². The molecular formula is C32H30F6. The average Bonchev–Trinajstić information content (AvgIpc) is 2.87. The number of halogens is 6. The Morgan fingerprint density at radius 2 is 1.50 bits per heavy atom. The molecular weight excluding hydrogens is 498 g/mol. The lowest BCUT2D eigenvalue weighted by atomic mass is 9.78. The van der Waals surface area contributed by atoms with Crippen molar-refractivity contribution in [2.75, 3.05) is 0 Å². The second-order valence-electron chi connectivity index (χ2n) is 10.1. The van der Waals surface area contributed by atoms with Crippen LogP contribution in [0.5, 0.6) is 0 Å². The van der Waals surface area contributed by atoms with Gasteiger partial charge >= 0.3 is 6.18 Å². The summed E-state index contributed by atoms with van der Waals surface area (Å²) in [5.74, 6) is 2.32. The lowest BCUT2D eigenvalue weighted by molar-refractivity contribution is -0.142. The fourth-order valence-corrected chi connectivity index (χ4v) is 5.33. The quantitative estimate of drug-likeness (QED) is 0.170. The highest BCUT2D eigenvalue weighted by molar-refractivity contribution is 5.85. The molecule has 3 aromatic carbocycles. The average molecular weight is 529 g/mol. The summed E-state index contributed by atoms with van der Waals surface area (Å²) in [6.45, 7) is 2.06. The zero-order valence-corrected chi connectivity index (χ0v) is 21.3. The predicted octanol–water partition coefficient (Wildman–Crippen LogP) is 9.77. The predicted molar refractivity (Wildman–Crippen MR) is 139 cm³/mol. The highest BCUT2D eigenvalue weighted by Crippen LogP contribution is 2.35. The Morgan fingerprint density at radius 1 is 0.842 bits per heavy atom. The first kappa shape index (κ1) is 27.8. The van der Waals surface area contributed by atoms with Crippen LogP contribution in [-0.2, 0) is 12.6 Å². The monoisotopic (exact) mass is 528 g/mol. The number of fused-ring (bicyclic) bond motifs is 1. The van der Waals surface area contributed by atoms with E-state index in [1.54, 1.807) is 12.1 Å². The maximum atomic E-state index is 15.1. The minimum atomic E-state index is -5.16. The van der Waals surface area contributed by atoms with Gasteiger partial charge in [0.15, 0.2) is 0 Å². The van der Waals surface area contributed by atoms with Gasteiger partial charge in [0.1, 0.15) is 23.0 Å². The van der Waals surface area contributed by atoms with Gasteiger partial charge in [-0.2, -0.15) is 13.2 Å². The summed E-state index contributed by atoms with van der Waals surface area (Å²) < 4.78 is 81.0. The minimum Gasteiger partial charge on any atom is -0.206 e. The number of allylic oxidation sites excluding steroid dienone is 2. The molecule has 1 aliphatic carbocycles. The molecule has 0 N–H and O–H groups in total. The third kappa shape index (κ3) is 6.81. The van der Waals surface area contributed by atoms with Gasteiger partial charge in [0.2, 0.25) is 0 Å². The van der Waals surface area contributed by atoms with Gasteiger partial charge in [0.05, 0.1) is 5.56 Å². The van der Waals surface area contributed by atoms with Crippen LogP contribution in [0.2, 0.25) is 0 Å².